The third kappa shape index (κ3) is 4.26. The Kier molecular flexibility index (Phi) is 7.20. The summed E-state index contributed by atoms with van der Waals surface area (Å²) in [6, 6.07) is 42.4. The van der Waals surface area contributed by atoms with E-state index in [1.54, 1.807) is 0 Å². The molecule has 0 bridgehead atoms. The molecule has 1 aliphatic heterocycles. The largest absolute Gasteiger partial charge is 0.466 e. The molecule has 39 heavy (non-hydrogen) atoms. The molecular formula is C35H33BNO2. The number of benzene rings is 4. The van der Waals surface area contributed by atoms with E-state index in [0.29, 0.717) is 0 Å². The van der Waals surface area contributed by atoms with Crippen molar-refractivity contribution in [3.63, 3.8) is 0 Å². The minimum atomic E-state index is -0.973. The Balaban J connectivity index is 1.65. The molecule has 0 amide bonds. The van der Waals surface area contributed by atoms with E-state index in [9.17, 15) is 0 Å². The van der Waals surface area contributed by atoms with E-state index in [-0.39, 0.29) is 6.04 Å². The van der Waals surface area contributed by atoms with Crippen LogP contribution in [0, 0.1) is 31.0 Å². The lowest BCUT2D eigenvalue weighted by molar-refractivity contribution is 0.00370. The highest BCUT2D eigenvalue weighted by atomic mass is 16.7. The molecule has 4 heteroatoms. The van der Waals surface area contributed by atoms with Gasteiger partial charge in [-0.05, 0) is 62.5 Å². The van der Waals surface area contributed by atoms with Gasteiger partial charge >= 0.3 is 7.12 Å². The van der Waals surface area contributed by atoms with Crippen molar-refractivity contribution in [1.82, 2.24) is 4.90 Å². The van der Waals surface area contributed by atoms with Gasteiger partial charge in [0.25, 0.3) is 0 Å². The van der Waals surface area contributed by atoms with E-state index >= 15 is 0 Å². The molecular weight excluding hydrogens is 477 g/mol. The quantitative estimate of drug-likeness (QED) is 0.259. The van der Waals surface area contributed by atoms with Crippen molar-refractivity contribution in [2.45, 2.75) is 24.2 Å². The van der Waals surface area contributed by atoms with Gasteiger partial charge in [0.05, 0.1) is 0 Å². The number of nitrogens with zero attached hydrogens (tertiary/aromatic N) is 1. The zero-order valence-electron chi connectivity index (χ0n) is 22.7. The molecule has 4 aromatic carbocycles. The van der Waals surface area contributed by atoms with E-state index in [2.05, 4.69) is 167 Å². The summed E-state index contributed by atoms with van der Waals surface area (Å²) in [4.78, 5) is 2.22. The molecule has 0 spiro atoms. The normalized spacial score (nSPS) is 19.9. The Labute approximate surface area is 233 Å². The van der Waals surface area contributed by atoms with Gasteiger partial charge in [-0.2, -0.15) is 0 Å². The first-order valence-corrected chi connectivity index (χ1v) is 13.6. The van der Waals surface area contributed by atoms with Crippen LogP contribution in [0.2, 0.25) is 0 Å². The Bertz CT molecular complexity index is 1180. The van der Waals surface area contributed by atoms with Gasteiger partial charge in [0, 0.05) is 17.8 Å². The van der Waals surface area contributed by atoms with Crippen LogP contribution in [0.3, 0.4) is 0 Å². The van der Waals surface area contributed by atoms with Crippen molar-refractivity contribution in [3.8, 4) is 0 Å². The van der Waals surface area contributed by atoms with Crippen LogP contribution in [-0.4, -0.2) is 32.2 Å². The predicted molar refractivity (Wildman–Crippen MR) is 158 cm³/mol. The maximum atomic E-state index is 7.42. The van der Waals surface area contributed by atoms with E-state index in [4.69, 9.17) is 9.31 Å². The fourth-order valence-electron chi connectivity index (χ4n) is 6.07. The van der Waals surface area contributed by atoms with Crippen molar-refractivity contribution < 1.29 is 9.31 Å². The Morgan fingerprint density at radius 3 is 1.26 bits per heavy atom. The second kappa shape index (κ2) is 10.8. The maximum absolute atomic E-state index is 7.42. The Morgan fingerprint density at radius 2 is 0.923 bits per heavy atom. The zero-order valence-corrected chi connectivity index (χ0v) is 22.7. The third-order valence-corrected chi connectivity index (χ3v) is 8.15. The predicted octanol–water partition coefficient (Wildman–Crippen LogP) is 6.67. The molecule has 1 heterocycles. The SMILES string of the molecule is C[C@@H]([C]1[CH][CH][CH][C]1B1OC(c2ccccc2)(c2ccccc2)C(c2ccccc2)(c2ccccc2)O1)N(C)C. The van der Waals surface area contributed by atoms with Crippen LogP contribution in [-0.2, 0) is 20.5 Å². The van der Waals surface area contributed by atoms with Gasteiger partial charge in [-0.1, -0.05) is 121 Å². The first-order chi connectivity index (χ1) is 19.1. The summed E-state index contributed by atoms with van der Waals surface area (Å²) in [7, 11) is 3.61. The first kappa shape index (κ1) is 26.1. The fraction of sp³-hybridized carbons (Fsp3) is 0.171. The van der Waals surface area contributed by atoms with E-state index < -0.39 is 18.3 Å². The second-order valence-corrected chi connectivity index (χ2v) is 10.5. The molecule has 0 N–H and O–H groups in total. The molecule has 2 fully saturated rings. The monoisotopic (exact) mass is 510 g/mol. The smallest absolute Gasteiger partial charge is 0.394 e. The molecule has 5 radical (unpaired) electrons. The van der Waals surface area contributed by atoms with Crippen molar-refractivity contribution in [2.24, 2.45) is 0 Å². The summed E-state index contributed by atoms with van der Waals surface area (Å²) in [6.07, 6.45) is 6.44. The molecule has 1 aliphatic carbocycles. The average molecular weight is 510 g/mol. The zero-order chi connectivity index (χ0) is 26.9. The minimum absolute atomic E-state index is 0.202. The van der Waals surface area contributed by atoms with Gasteiger partial charge in [-0.15, -0.1) is 0 Å². The fourth-order valence-corrected chi connectivity index (χ4v) is 6.07. The summed E-state index contributed by atoms with van der Waals surface area (Å²) in [5, 5.41) is 0. The van der Waals surface area contributed by atoms with Crippen LogP contribution in [0.25, 0.3) is 0 Å². The summed E-state index contributed by atoms with van der Waals surface area (Å²) >= 11 is 0. The summed E-state index contributed by atoms with van der Waals surface area (Å²) < 4.78 is 14.8. The summed E-state index contributed by atoms with van der Waals surface area (Å²) in [5.74, 6) is 2.26. The highest BCUT2D eigenvalue weighted by molar-refractivity contribution is 6.55. The molecule has 1 saturated carbocycles. The van der Waals surface area contributed by atoms with Crippen molar-refractivity contribution >= 4 is 7.12 Å². The van der Waals surface area contributed by atoms with Crippen LogP contribution in [0.1, 0.15) is 29.2 Å². The minimum Gasteiger partial charge on any atom is -0.394 e. The molecule has 2 aliphatic rings. The molecule has 0 aromatic heterocycles. The van der Waals surface area contributed by atoms with Crippen LogP contribution >= 0.6 is 0 Å². The highest BCUT2D eigenvalue weighted by Gasteiger charge is 2.67. The molecule has 1 atom stereocenters. The topological polar surface area (TPSA) is 21.7 Å². The first-order valence-electron chi connectivity index (χ1n) is 13.6. The highest BCUT2D eigenvalue weighted by Crippen LogP contribution is 2.61. The van der Waals surface area contributed by atoms with Gasteiger partial charge in [0.1, 0.15) is 11.2 Å². The van der Waals surface area contributed by atoms with E-state index in [1.165, 1.54) is 5.92 Å². The van der Waals surface area contributed by atoms with Crippen LogP contribution in [0.5, 0.6) is 0 Å². The summed E-state index contributed by atoms with van der Waals surface area (Å²) in [5.41, 5.74) is 2.22. The number of hydrogen-bond acceptors (Lipinski definition) is 3. The average Bonchev–Trinajstić information content (AvgIpc) is 3.63. The Hall–Kier alpha value is -3.18. The van der Waals surface area contributed by atoms with E-state index in [1.807, 2.05) is 0 Å². The molecule has 3 nitrogen and oxygen atoms in total. The molecule has 1 saturated heterocycles. The van der Waals surface area contributed by atoms with Crippen LogP contribution in [0.15, 0.2) is 121 Å². The van der Waals surface area contributed by atoms with Crippen LogP contribution < -0.4 is 0 Å². The van der Waals surface area contributed by atoms with Crippen LogP contribution in [0.4, 0.5) is 0 Å². The maximum Gasteiger partial charge on any atom is 0.466 e. The number of rotatable bonds is 7. The van der Waals surface area contributed by atoms with Crippen molar-refractivity contribution in [2.75, 3.05) is 14.1 Å². The lowest BCUT2D eigenvalue weighted by Gasteiger charge is -2.46. The van der Waals surface area contributed by atoms with Gasteiger partial charge in [-0.25, -0.2) is 0 Å². The van der Waals surface area contributed by atoms with Gasteiger partial charge in [-0.3, -0.25) is 0 Å². The second-order valence-electron chi connectivity index (χ2n) is 10.5. The van der Waals surface area contributed by atoms with Crippen molar-refractivity contribution in [3.05, 3.63) is 175 Å². The lowest BCUT2D eigenvalue weighted by Crippen LogP contribution is -2.48. The molecule has 193 valence electrons. The molecule has 6 rings (SSSR count). The standard InChI is InChI=1S/C35H33BNO2/c1-27(37(2)3)32-25-16-26-33(32)36-38-34(28-17-8-4-9-18-28,29-19-10-5-11-20-29)35(39-36,30-21-12-6-13-22-30)31-23-14-7-15-24-31/h4-27H,1-3H3/t27-/m0/s1. The Morgan fingerprint density at radius 1 is 0.564 bits per heavy atom. The van der Waals surface area contributed by atoms with E-state index in [0.717, 1.165) is 28.1 Å². The number of hydrogen-bond donors (Lipinski definition) is 0. The van der Waals surface area contributed by atoms with Gasteiger partial charge in [0.15, 0.2) is 0 Å². The third-order valence-electron chi connectivity index (χ3n) is 8.15. The summed E-state index contributed by atoms with van der Waals surface area (Å²) in [6.45, 7) is 2.22. The van der Waals surface area contributed by atoms with Gasteiger partial charge < -0.3 is 14.2 Å². The van der Waals surface area contributed by atoms with Crippen molar-refractivity contribution in [1.29, 1.82) is 0 Å². The molecule has 0 unspecified atom stereocenters. The molecule has 4 aromatic rings. The lowest BCUT2D eigenvalue weighted by atomic mass is 9.64. The van der Waals surface area contributed by atoms with Gasteiger partial charge in [0.2, 0.25) is 0 Å².